The van der Waals surface area contributed by atoms with Crippen LogP contribution >= 0.6 is 0 Å². The van der Waals surface area contributed by atoms with Gasteiger partial charge < -0.3 is 0 Å². The molecule has 84 valence electrons. The average molecular weight is 225 g/mol. The van der Waals surface area contributed by atoms with Gasteiger partial charge in [0.05, 0.1) is 5.34 Å². The first-order valence-corrected chi connectivity index (χ1v) is 3.31. The summed E-state index contributed by atoms with van der Waals surface area (Å²) in [6.07, 6.45) is -3.93. The molecule has 0 amide bonds. The predicted molar refractivity (Wildman–Crippen MR) is 33.7 cm³/mol. The van der Waals surface area contributed by atoms with E-state index >= 15 is 0 Å². The van der Waals surface area contributed by atoms with Crippen molar-refractivity contribution in [2.24, 2.45) is 0 Å². The van der Waals surface area contributed by atoms with Gasteiger partial charge in [-0.1, -0.05) is 15.0 Å². The molecule has 0 bridgehead atoms. The van der Waals surface area contributed by atoms with E-state index in [2.05, 4.69) is 0 Å². The Morgan fingerprint density at radius 3 is 1.86 bits per heavy atom. The minimum absolute atomic E-state index is 0.213. The van der Waals surface area contributed by atoms with Gasteiger partial charge in [0.2, 0.25) is 6.17 Å². The van der Waals surface area contributed by atoms with Crippen molar-refractivity contribution in [3.63, 3.8) is 0 Å². The molecule has 0 aliphatic heterocycles. The lowest BCUT2D eigenvalue weighted by Gasteiger charge is -2.24. The monoisotopic (exact) mass is 225 g/mol. The molecule has 0 rings (SSSR count). The largest absolute Gasteiger partial charge is 0.394 e. The van der Waals surface area contributed by atoms with Crippen LogP contribution in [0.25, 0.3) is 0 Å². The maximum atomic E-state index is 12.4. The molecule has 0 saturated heterocycles. The second-order valence-corrected chi connectivity index (χ2v) is 2.36. The Bertz CT molecular complexity index is 212. The molecule has 0 aromatic rings. The van der Waals surface area contributed by atoms with E-state index in [1.165, 1.54) is 0 Å². The Labute approximate surface area is 74.7 Å². The molecule has 1 atom stereocenters. The van der Waals surface area contributed by atoms with Crippen LogP contribution in [-0.4, -0.2) is 23.5 Å². The van der Waals surface area contributed by atoms with Crippen molar-refractivity contribution in [3.05, 3.63) is 12.2 Å². The summed E-state index contributed by atoms with van der Waals surface area (Å²) in [5.74, 6) is -4.64. The van der Waals surface area contributed by atoms with Crippen LogP contribution in [0, 0.1) is 0 Å². The summed E-state index contributed by atoms with van der Waals surface area (Å²) < 4.78 is 83.8. The molecule has 14 heavy (non-hydrogen) atoms. The first kappa shape index (κ1) is 13.2. The van der Waals surface area contributed by atoms with Crippen molar-refractivity contribution in [2.75, 3.05) is 0 Å². The van der Waals surface area contributed by atoms with Crippen molar-refractivity contribution in [2.45, 2.75) is 25.1 Å². The quantitative estimate of drug-likeness (QED) is 0.307. The van der Waals surface area contributed by atoms with Gasteiger partial charge in [0.25, 0.3) is 0 Å². The van der Waals surface area contributed by atoms with Gasteiger partial charge in [-0.2, -0.15) is 17.6 Å². The molecule has 0 spiro atoms. The van der Waals surface area contributed by atoms with Gasteiger partial charge in [0.15, 0.2) is 0 Å². The molecule has 0 aromatic carbocycles. The first-order valence-electron chi connectivity index (χ1n) is 3.31. The van der Waals surface area contributed by atoms with Crippen LogP contribution in [0.15, 0.2) is 12.2 Å². The van der Waals surface area contributed by atoms with E-state index in [4.69, 9.17) is 0 Å². The number of allylic oxidation sites excluding steroid dienone is 2. The molecule has 0 saturated carbocycles. The average Bonchev–Trinajstić information content (AvgIpc) is 2.02. The second-order valence-electron chi connectivity index (χ2n) is 2.36. The number of nitrogens with zero attached hydrogens (tertiary/aromatic N) is 1. The van der Waals surface area contributed by atoms with Crippen molar-refractivity contribution < 1.29 is 30.9 Å². The lowest BCUT2D eigenvalue weighted by Crippen LogP contribution is -2.48. The number of halogens is 7. The molecule has 0 heterocycles. The van der Waals surface area contributed by atoms with Gasteiger partial charge in [-0.25, -0.2) is 4.39 Å². The van der Waals surface area contributed by atoms with Gasteiger partial charge >= 0.3 is 12.0 Å². The highest BCUT2D eigenvalue weighted by Gasteiger charge is 2.59. The van der Waals surface area contributed by atoms with Crippen molar-refractivity contribution in [1.29, 1.82) is 0 Å². The lowest BCUT2D eigenvalue weighted by molar-refractivity contribution is -0.367. The second kappa shape index (κ2) is 4.16. The van der Waals surface area contributed by atoms with Gasteiger partial charge in [0, 0.05) is 0 Å². The van der Waals surface area contributed by atoms with Crippen LogP contribution in [0.3, 0.4) is 0 Å². The highest BCUT2D eigenvalue weighted by molar-refractivity contribution is 5.00. The standard InChI is InChI=1S/C6H6F7N/c1-2-3-5(8,9)4(7)6(10,11)14(12)13/h2-4H,1H3/b3-2-. The molecule has 0 fully saturated rings. The maximum Gasteiger partial charge on any atom is 0.394 e. The Balaban J connectivity index is 4.84. The van der Waals surface area contributed by atoms with Crippen molar-refractivity contribution >= 4 is 0 Å². The summed E-state index contributed by atoms with van der Waals surface area (Å²) in [4.78, 5) is 0. The fourth-order valence-corrected chi connectivity index (χ4v) is 0.624. The van der Waals surface area contributed by atoms with Crippen LogP contribution in [0.1, 0.15) is 6.92 Å². The Morgan fingerprint density at radius 1 is 1.14 bits per heavy atom. The zero-order valence-corrected chi connectivity index (χ0v) is 6.83. The van der Waals surface area contributed by atoms with Crippen molar-refractivity contribution in [1.82, 2.24) is 5.34 Å². The van der Waals surface area contributed by atoms with E-state index < -0.39 is 23.5 Å². The van der Waals surface area contributed by atoms with Crippen molar-refractivity contribution in [3.8, 4) is 0 Å². The number of rotatable bonds is 4. The molecule has 0 aromatic heterocycles. The highest BCUT2D eigenvalue weighted by atomic mass is 19.4. The molecule has 0 N–H and O–H groups in total. The SMILES string of the molecule is C/C=C\C(F)(F)C(F)C(F)(F)N(F)F. The summed E-state index contributed by atoms with van der Waals surface area (Å²) in [6.45, 7) is 1.02. The van der Waals surface area contributed by atoms with E-state index in [1.807, 2.05) is 0 Å². The first-order chi connectivity index (χ1) is 6.16. The summed E-state index contributed by atoms with van der Waals surface area (Å²) in [7, 11) is 0. The number of alkyl halides is 5. The molecule has 1 unspecified atom stereocenters. The zero-order valence-electron chi connectivity index (χ0n) is 6.83. The van der Waals surface area contributed by atoms with Crippen LogP contribution in [-0.2, 0) is 0 Å². The van der Waals surface area contributed by atoms with Gasteiger partial charge in [-0.3, -0.25) is 0 Å². The van der Waals surface area contributed by atoms with E-state index in [1.54, 1.807) is 0 Å². The summed E-state index contributed by atoms with van der Waals surface area (Å²) >= 11 is 0. The summed E-state index contributed by atoms with van der Waals surface area (Å²) in [5.41, 5.74) is 0. The Hall–Kier alpha value is -0.790. The fraction of sp³-hybridized carbons (Fsp3) is 0.667. The third-order valence-corrected chi connectivity index (χ3v) is 1.26. The minimum atomic E-state index is -5.52. The van der Waals surface area contributed by atoms with Crippen LogP contribution < -0.4 is 0 Å². The third-order valence-electron chi connectivity index (χ3n) is 1.26. The topological polar surface area (TPSA) is 3.24 Å². The lowest BCUT2D eigenvalue weighted by atomic mass is 10.1. The fourth-order valence-electron chi connectivity index (χ4n) is 0.624. The van der Waals surface area contributed by atoms with Crippen LogP contribution in [0.5, 0.6) is 0 Å². The molecule has 0 aliphatic carbocycles. The molecular formula is C6H6F7N. The Kier molecular flexibility index (Phi) is 3.92. The molecular weight excluding hydrogens is 219 g/mol. The number of hydrogen-bond donors (Lipinski definition) is 0. The number of hydrogen-bond acceptors (Lipinski definition) is 1. The Morgan fingerprint density at radius 2 is 1.57 bits per heavy atom. The van der Waals surface area contributed by atoms with Crippen LogP contribution in [0.4, 0.5) is 30.9 Å². The van der Waals surface area contributed by atoms with E-state index in [0.717, 1.165) is 6.92 Å². The van der Waals surface area contributed by atoms with E-state index in [-0.39, 0.29) is 6.08 Å². The molecule has 0 radical (unpaired) electrons. The highest BCUT2D eigenvalue weighted by Crippen LogP contribution is 2.37. The smallest absolute Gasteiger partial charge is 0.232 e. The normalized spacial score (nSPS) is 16.6. The van der Waals surface area contributed by atoms with Crippen LogP contribution in [0.2, 0.25) is 0 Å². The summed E-state index contributed by atoms with van der Waals surface area (Å²) in [5, 5.41) is -2.88. The van der Waals surface area contributed by atoms with E-state index in [9.17, 15) is 30.9 Å². The predicted octanol–water partition coefficient (Wildman–Crippen LogP) is 3.20. The van der Waals surface area contributed by atoms with Gasteiger partial charge in [0.1, 0.15) is 0 Å². The summed E-state index contributed by atoms with van der Waals surface area (Å²) in [6, 6.07) is -5.52. The maximum absolute atomic E-state index is 12.4. The molecule has 0 aliphatic rings. The van der Waals surface area contributed by atoms with Gasteiger partial charge in [-0.05, 0) is 13.0 Å². The molecule has 1 nitrogen and oxygen atoms in total. The third kappa shape index (κ3) is 2.60. The minimum Gasteiger partial charge on any atom is -0.232 e. The van der Waals surface area contributed by atoms with E-state index in [0.29, 0.717) is 6.08 Å². The van der Waals surface area contributed by atoms with Gasteiger partial charge in [-0.15, -0.1) is 0 Å². The molecule has 8 heteroatoms. The zero-order chi connectivity index (χ0) is 11.6.